The molecule has 0 saturated heterocycles. The van der Waals surface area contributed by atoms with Gasteiger partial charge in [0.25, 0.3) is 5.91 Å². The number of nitrogens with zero attached hydrogens (tertiary/aromatic N) is 1. The van der Waals surface area contributed by atoms with Gasteiger partial charge in [0.1, 0.15) is 0 Å². The summed E-state index contributed by atoms with van der Waals surface area (Å²) in [4.78, 5) is 24.0. The molecule has 1 aliphatic heterocycles. The van der Waals surface area contributed by atoms with E-state index < -0.39 is 0 Å². The minimum atomic E-state index is -0.171. The van der Waals surface area contributed by atoms with Crippen LogP contribution in [0.25, 0.3) is 0 Å². The highest BCUT2D eigenvalue weighted by Crippen LogP contribution is 2.08. The van der Waals surface area contributed by atoms with E-state index in [0.717, 1.165) is 25.7 Å². The SMILES string of the molecule is C=CCCCCCN1C(=O)C=CCC1=O. The number of hydrogen-bond acceptors (Lipinski definition) is 2. The van der Waals surface area contributed by atoms with Gasteiger partial charge in [-0.15, -0.1) is 6.58 Å². The van der Waals surface area contributed by atoms with Gasteiger partial charge in [-0.2, -0.15) is 0 Å². The van der Waals surface area contributed by atoms with Gasteiger partial charge in [-0.3, -0.25) is 14.5 Å². The quantitative estimate of drug-likeness (QED) is 0.380. The van der Waals surface area contributed by atoms with E-state index in [4.69, 9.17) is 0 Å². The maximum absolute atomic E-state index is 11.4. The van der Waals surface area contributed by atoms with Crippen molar-refractivity contribution in [3.8, 4) is 0 Å². The fraction of sp³-hybridized carbons (Fsp3) is 0.500. The highest BCUT2D eigenvalue weighted by Gasteiger charge is 2.20. The van der Waals surface area contributed by atoms with Crippen molar-refractivity contribution >= 4 is 11.8 Å². The van der Waals surface area contributed by atoms with Crippen LogP contribution in [0.3, 0.4) is 0 Å². The van der Waals surface area contributed by atoms with Crippen molar-refractivity contribution < 1.29 is 9.59 Å². The van der Waals surface area contributed by atoms with Crippen LogP contribution in [-0.4, -0.2) is 23.3 Å². The summed E-state index contributed by atoms with van der Waals surface area (Å²) in [5, 5.41) is 0. The Hall–Kier alpha value is -1.38. The summed E-state index contributed by atoms with van der Waals surface area (Å²) < 4.78 is 0. The fourth-order valence-electron chi connectivity index (χ4n) is 1.55. The Morgan fingerprint density at radius 3 is 2.80 bits per heavy atom. The lowest BCUT2D eigenvalue weighted by Gasteiger charge is -2.21. The summed E-state index contributed by atoms with van der Waals surface area (Å²) in [7, 11) is 0. The van der Waals surface area contributed by atoms with Crippen LogP contribution in [0, 0.1) is 0 Å². The zero-order valence-electron chi connectivity index (χ0n) is 8.95. The van der Waals surface area contributed by atoms with Crippen molar-refractivity contribution in [2.75, 3.05) is 6.54 Å². The Kier molecular flexibility index (Phi) is 4.81. The monoisotopic (exact) mass is 207 g/mol. The standard InChI is InChI=1S/C12H17NO2/c1-2-3-4-5-6-10-13-11(14)8-7-9-12(13)15/h2,7-8H,1,3-6,9-10H2. The first-order valence-electron chi connectivity index (χ1n) is 5.37. The van der Waals surface area contributed by atoms with E-state index in [1.165, 1.54) is 11.0 Å². The van der Waals surface area contributed by atoms with Gasteiger partial charge < -0.3 is 0 Å². The molecule has 82 valence electrons. The summed E-state index contributed by atoms with van der Waals surface area (Å²) in [5.41, 5.74) is 0. The molecule has 0 saturated carbocycles. The second-order valence-corrected chi connectivity index (χ2v) is 3.63. The molecule has 0 bridgehead atoms. The minimum absolute atomic E-state index is 0.0776. The van der Waals surface area contributed by atoms with E-state index in [1.807, 2.05) is 6.08 Å². The van der Waals surface area contributed by atoms with E-state index in [9.17, 15) is 9.59 Å². The number of allylic oxidation sites excluding steroid dienone is 1. The van der Waals surface area contributed by atoms with Gasteiger partial charge in [0.2, 0.25) is 5.91 Å². The highest BCUT2D eigenvalue weighted by molar-refractivity contribution is 6.04. The number of rotatable bonds is 6. The largest absolute Gasteiger partial charge is 0.279 e. The fourth-order valence-corrected chi connectivity index (χ4v) is 1.55. The van der Waals surface area contributed by atoms with Gasteiger partial charge in [0.05, 0.1) is 0 Å². The van der Waals surface area contributed by atoms with Crippen molar-refractivity contribution in [1.29, 1.82) is 0 Å². The molecule has 0 atom stereocenters. The average molecular weight is 207 g/mol. The Bertz CT molecular complexity index is 281. The topological polar surface area (TPSA) is 37.4 Å². The van der Waals surface area contributed by atoms with Gasteiger partial charge in [-0.25, -0.2) is 0 Å². The third-order valence-electron chi connectivity index (χ3n) is 2.41. The smallest absolute Gasteiger partial charge is 0.252 e. The molecule has 0 aromatic heterocycles. The van der Waals surface area contributed by atoms with Crippen molar-refractivity contribution in [2.24, 2.45) is 0 Å². The number of carbonyl (C=O) groups is 2. The van der Waals surface area contributed by atoms with Crippen LogP contribution in [-0.2, 0) is 9.59 Å². The Morgan fingerprint density at radius 1 is 1.33 bits per heavy atom. The van der Waals surface area contributed by atoms with E-state index >= 15 is 0 Å². The number of unbranched alkanes of at least 4 members (excludes halogenated alkanes) is 3. The number of amides is 2. The van der Waals surface area contributed by atoms with Crippen LogP contribution in [0.2, 0.25) is 0 Å². The first-order valence-corrected chi connectivity index (χ1v) is 5.37. The normalized spacial score (nSPS) is 15.9. The summed E-state index contributed by atoms with van der Waals surface area (Å²) >= 11 is 0. The maximum Gasteiger partial charge on any atom is 0.252 e. The average Bonchev–Trinajstić information content (AvgIpc) is 2.21. The third kappa shape index (κ3) is 3.70. The molecule has 3 nitrogen and oxygen atoms in total. The van der Waals surface area contributed by atoms with Crippen molar-refractivity contribution in [2.45, 2.75) is 32.1 Å². The van der Waals surface area contributed by atoms with Crippen molar-refractivity contribution in [3.05, 3.63) is 24.8 Å². The number of imide groups is 1. The molecule has 0 aromatic rings. The molecule has 0 aliphatic carbocycles. The third-order valence-corrected chi connectivity index (χ3v) is 2.41. The van der Waals surface area contributed by atoms with Crippen molar-refractivity contribution in [3.63, 3.8) is 0 Å². The number of hydrogen-bond donors (Lipinski definition) is 0. The van der Waals surface area contributed by atoms with Crippen LogP contribution >= 0.6 is 0 Å². The molecule has 0 radical (unpaired) electrons. The summed E-state index contributed by atoms with van der Waals surface area (Å²) in [6.07, 6.45) is 9.35. The summed E-state index contributed by atoms with van der Waals surface area (Å²) in [6.45, 7) is 4.20. The lowest BCUT2D eigenvalue weighted by atomic mass is 10.1. The van der Waals surface area contributed by atoms with Crippen LogP contribution in [0.5, 0.6) is 0 Å². The first kappa shape index (κ1) is 11.7. The Labute approximate surface area is 90.5 Å². The van der Waals surface area contributed by atoms with Crippen LogP contribution in [0.15, 0.2) is 24.8 Å². The van der Waals surface area contributed by atoms with E-state index in [-0.39, 0.29) is 11.8 Å². The molecule has 0 aromatic carbocycles. The van der Waals surface area contributed by atoms with Crippen LogP contribution in [0.4, 0.5) is 0 Å². The van der Waals surface area contributed by atoms with Gasteiger partial charge in [-0.1, -0.05) is 18.6 Å². The van der Waals surface area contributed by atoms with Crippen LogP contribution in [0.1, 0.15) is 32.1 Å². The molecule has 0 spiro atoms. The molecule has 1 heterocycles. The van der Waals surface area contributed by atoms with Gasteiger partial charge in [-0.05, 0) is 19.3 Å². The lowest BCUT2D eigenvalue weighted by molar-refractivity contribution is -0.142. The molecule has 0 unspecified atom stereocenters. The molecular formula is C12H17NO2. The van der Waals surface area contributed by atoms with Crippen molar-refractivity contribution in [1.82, 2.24) is 4.90 Å². The van der Waals surface area contributed by atoms with E-state index in [0.29, 0.717) is 13.0 Å². The van der Waals surface area contributed by atoms with Gasteiger partial charge >= 0.3 is 0 Å². The molecule has 3 heteroatoms. The number of carbonyl (C=O) groups excluding carboxylic acids is 2. The second-order valence-electron chi connectivity index (χ2n) is 3.63. The summed E-state index contributed by atoms with van der Waals surface area (Å²) in [6, 6.07) is 0. The Balaban J connectivity index is 2.25. The molecule has 1 rings (SSSR count). The lowest BCUT2D eigenvalue weighted by Crippen LogP contribution is -2.38. The predicted molar refractivity (Wildman–Crippen MR) is 59.1 cm³/mol. The highest BCUT2D eigenvalue weighted by atomic mass is 16.2. The zero-order chi connectivity index (χ0) is 11.1. The molecule has 1 aliphatic rings. The van der Waals surface area contributed by atoms with E-state index in [2.05, 4.69) is 6.58 Å². The zero-order valence-corrected chi connectivity index (χ0v) is 8.95. The molecule has 2 amide bonds. The summed E-state index contributed by atoms with van der Waals surface area (Å²) in [5.74, 6) is -0.249. The minimum Gasteiger partial charge on any atom is -0.279 e. The molecule has 0 N–H and O–H groups in total. The van der Waals surface area contributed by atoms with Crippen LogP contribution < -0.4 is 0 Å². The Morgan fingerprint density at radius 2 is 2.13 bits per heavy atom. The molecule has 15 heavy (non-hydrogen) atoms. The second kappa shape index (κ2) is 6.17. The van der Waals surface area contributed by atoms with E-state index in [1.54, 1.807) is 6.08 Å². The molecular weight excluding hydrogens is 190 g/mol. The maximum atomic E-state index is 11.4. The first-order chi connectivity index (χ1) is 7.25. The predicted octanol–water partition coefficient (Wildman–Crippen LogP) is 2.05. The van der Waals surface area contributed by atoms with Gasteiger partial charge in [0.15, 0.2) is 0 Å². The molecule has 0 fully saturated rings. The van der Waals surface area contributed by atoms with Gasteiger partial charge in [0, 0.05) is 19.0 Å².